The molecule has 0 radical (unpaired) electrons. The molecule has 1 amide bonds. The first kappa shape index (κ1) is 21.8. The Kier molecular flexibility index (Phi) is 6.08. The standard InChI is InChI=1S/C24H32BN3O3/c1-23(2)24(3,4)31-25(30-23)20-11-8-19(9-12-20)10-13-22(29)28-17-15-27(16-18-28)21-7-5-6-14-26-21/h5-9,11-12,14H,10,13,15-18H2,1-4H3. The van der Waals surface area contributed by atoms with Crippen LogP contribution in [0.15, 0.2) is 48.7 Å². The van der Waals surface area contributed by atoms with Gasteiger partial charge in [0.05, 0.1) is 11.2 Å². The molecule has 0 N–H and O–H groups in total. The smallest absolute Gasteiger partial charge is 0.399 e. The van der Waals surface area contributed by atoms with E-state index in [4.69, 9.17) is 9.31 Å². The number of rotatable bonds is 5. The van der Waals surface area contributed by atoms with Crippen LogP contribution in [0, 0.1) is 0 Å². The van der Waals surface area contributed by atoms with Crippen LogP contribution in [0.1, 0.15) is 39.7 Å². The number of carbonyl (C=O) groups excluding carboxylic acids is 1. The van der Waals surface area contributed by atoms with Gasteiger partial charge in [-0.25, -0.2) is 4.98 Å². The third kappa shape index (κ3) is 4.78. The number of benzene rings is 1. The summed E-state index contributed by atoms with van der Waals surface area (Å²) < 4.78 is 12.2. The normalized spacial score (nSPS) is 20.2. The Balaban J connectivity index is 1.26. The number of amides is 1. The van der Waals surface area contributed by atoms with E-state index in [-0.39, 0.29) is 24.2 Å². The Hall–Kier alpha value is -2.38. The molecule has 2 aromatic rings. The van der Waals surface area contributed by atoms with Crippen molar-refractivity contribution in [2.45, 2.75) is 51.7 Å². The Morgan fingerprint density at radius 2 is 1.61 bits per heavy atom. The van der Waals surface area contributed by atoms with E-state index in [1.165, 1.54) is 0 Å². The number of hydrogen-bond acceptors (Lipinski definition) is 5. The first-order valence-corrected chi connectivity index (χ1v) is 11.1. The minimum Gasteiger partial charge on any atom is -0.399 e. The highest BCUT2D eigenvalue weighted by Gasteiger charge is 2.51. The molecular weight excluding hydrogens is 389 g/mol. The van der Waals surface area contributed by atoms with E-state index in [0.717, 1.165) is 49.4 Å². The minimum atomic E-state index is -0.351. The quantitative estimate of drug-likeness (QED) is 0.695. The van der Waals surface area contributed by atoms with Crippen molar-refractivity contribution >= 4 is 24.3 Å². The molecular formula is C24H32BN3O3. The Morgan fingerprint density at radius 3 is 2.19 bits per heavy atom. The fraction of sp³-hybridized carbons (Fsp3) is 0.500. The maximum atomic E-state index is 12.7. The molecule has 2 aliphatic heterocycles. The average molecular weight is 421 g/mol. The molecule has 0 aliphatic carbocycles. The predicted molar refractivity (Wildman–Crippen MR) is 124 cm³/mol. The Morgan fingerprint density at radius 1 is 0.968 bits per heavy atom. The summed E-state index contributed by atoms with van der Waals surface area (Å²) in [5, 5.41) is 0. The molecule has 0 atom stereocenters. The van der Waals surface area contributed by atoms with Gasteiger partial charge in [-0.2, -0.15) is 0 Å². The summed E-state index contributed by atoms with van der Waals surface area (Å²) in [4.78, 5) is 21.3. The van der Waals surface area contributed by atoms with E-state index < -0.39 is 0 Å². The third-order valence-corrected chi connectivity index (χ3v) is 6.74. The van der Waals surface area contributed by atoms with E-state index in [1.807, 2.05) is 41.4 Å². The monoisotopic (exact) mass is 421 g/mol. The molecule has 0 saturated carbocycles. The van der Waals surface area contributed by atoms with Crippen molar-refractivity contribution < 1.29 is 14.1 Å². The molecule has 3 heterocycles. The van der Waals surface area contributed by atoms with Gasteiger partial charge in [0, 0.05) is 38.8 Å². The molecule has 0 spiro atoms. The maximum Gasteiger partial charge on any atom is 0.494 e. The Bertz CT molecular complexity index is 878. The molecule has 2 aliphatic rings. The fourth-order valence-electron chi connectivity index (χ4n) is 3.96. The van der Waals surface area contributed by atoms with Gasteiger partial charge in [0.1, 0.15) is 5.82 Å². The SMILES string of the molecule is CC1(C)OB(c2ccc(CCC(=O)N3CCN(c4ccccn4)CC3)cc2)OC1(C)C. The highest BCUT2D eigenvalue weighted by atomic mass is 16.7. The van der Waals surface area contributed by atoms with Crippen molar-refractivity contribution in [2.75, 3.05) is 31.1 Å². The second-order valence-electron chi connectivity index (χ2n) is 9.39. The van der Waals surface area contributed by atoms with Crippen molar-refractivity contribution in [3.05, 3.63) is 54.2 Å². The number of piperazine rings is 1. The molecule has 1 aromatic carbocycles. The fourth-order valence-corrected chi connectivity index (χ4v) is 3.96. The van der Waals surface area contributed by atoms with Crippen molar-refractivity contribution in [1.29, 1.82) is 0 Å². The van der Waals surface area contributed by atoms with Crippen molar-refractivity contribution in [2.24, 2.45) is 0 Å². The number of carbonyl (C=O) groups is 1. The van der Waals surface area contributed by atoms with Crippen LogP contribution >= 0.6 is 0 Å². The lowest BCUT2D eigenvalue weighted by molar-refractivity contribution is -0.131. The van der Waals surface area contributed by atoms with Gasteiger partial charge in [-0.05, 0) is 57.3 Å². The van der Waals surface area contributed by atoms with Crippen LogP contribution in [-0.4, -0.2) is 60.3 Å². The first-order valence-electron chi connectivity index (χ1n) is 11.1. The summed E-state index contributed by atoms with van der Waals surface area (Å²) in [6.45, 7) is 11.4. The largest absolute Gasteiger partial charge is 0.494 e. The number of pyridine rings is 1. The maximum absolute atomic E-state index is 12.7. The number of aryl methyl sites for hydroxylation is 1. The van der Waals surface area contributed by atoms with Gasteiger partial charge in [-0.15, -0.1) is 0 Å². The predicted octanol–water partition coefficient (Wildman–Crippen LogP) is 2.66. The van der Waals surface area contributed by atoms with Gasteiger partial charge in [0.2, 0.25) is 5.91 Å². The van der Waals surface area contributed by atoms with Gasteiger partial charge in [-0.1, -0.05) is 30.3 Å². The highest BCUT2D eigenvalue weighted by Crippen LogP contribution is 2.36. The van der Waals surface area contributed by atoms with Gasteiger partial charge >= 0.3 is 7.12 Å². The van der Waals surface area contributed by atoms with E-state index in [9.17, 15) is 4.79 Å². The van der Waals surface area contributed by atoms with E-state index in [0.29, 0.717) is 6.42 Å². The zero-order valence-electron chi connectivity index (χ0n) is 19.0. The topological polar surface area (TPSA) is 54.9 Å². The molecule has 6 nitrogen and oxygen atoms in total. The summed E-state index contributed by atoms with van der Waals surface area (Å²) >= 11 is 0. The number of nitrogens with zero attached hydrogens (tertiary/aromatic N) is 3. The molecule has 7 heteroatoms. The van der Waals surface area contributed by atoms with Crippen LogP contribution in [0.2, 0.25) is 0 Å². The second kappa shape index (κ2) is 8.63. The van der Waals surface area contributed by atoms with Crippen molar-refractivity contribution in [3.63, 3.8) is 0 Å². The molecule has 2 fully saturated rings. The van der Waals surface area contributed by atoms with Crippen molar-refractivity contribution in [1.82, 2.24) is 9.88 Å². The molecule has 2 saturated heterocycles. The van der Waals surface area contributed by atoms with Crippen LogP contribution in [0.5, 0.6) is 0 Å². The summed E-state index contributed by atoms with van der Waals surface area (Å²) in [6.07, 6.45) is 3.08. The van der Waals surface area contributed by atoms with Crippen LogP contribution in [0.4, 0.5) is 5.82 Å². The van der Waals surface area contributed by atoms with E-state index in [1.54, 1.807) is 0 Å². The molecule has 0 bridgehead atoms. The van der Waals surface area contributed by atoms with Gasteiger partial charge in [-0.3, -0.25) is 4.79 Å². The number of hydrogen-bond donors (Lipinski definition) is 0. The second-order valence-corrected chi connectivity index (χ2v) is 9.39. The van der Waals surface area contributed by atoms with E-state index in [2.05, 4.69) is 49.7 Å². The van der Waals surface area contributed by atoms with Crippen LogP contribution in [0.25, 0.3) is 0 Å². The summed E-state index contributed by atoms with van der Waals surface area (Å²) in [5.41, 5.74) is 1.48. The van der Waals surface area contributed by atoms with Gasteiger partial charge in [0.25, 0.3) is 0 Å². The van der Waals surface area contributed by atoms with Crippen LogP contribution in [-0.2, 0) is 20.5 Å². The molecule has 0 unspecified atom stereocenters. The minimum absolute atomic E-state index is 0.218. The van der Waals surface area contributed by atoms with E-state index >= 15 is 0 Å². The lowest BCUT2D eigenvalue weighted by atomic mass is 9.78. The lowest BCUT2D eigenvalue weighted by Crippen LogP contribution is -2.49. The number of aromatic nitrogens is 1. The molecule has 1 aromatic heterocycles. The van der Waals surface area contributed by atoms with Gasteiger partial charge in [0.15, 0.2) is 0 Å². The Labute approximate surface area is 185 Å². The third-order valence-electron chi connectivity index (χ3n) is 6.74. The summed E-state index contributed by atoms with van der Waals surface area (Å²) in [5.74, 6) is 1.20. The average Bonchev–Trinajstić information content (AvgIpc) is 3.00. The molecule has 4 rings (SSSR count). The van der Waals surface area contributed by atoms with Gasteiger partial charge < -0.3 is 19.1 Å². The molecule has 164 valence electrons. The van der Waals surface area contributed by atoms with Crippen LogP contribution < -0.4 is 10.4 Å². The van der Waals surface area contributed by atoms with Crippen molar-refractivity contribution in [3.8, 4) is 0 Å². The zero-order valence-corrected chi connectivity index (χ0v) is 19.0. The van der Waals surface area contributed by atoms with Crippen LogP contribution in [0.3, 0.4) is 0 Å². The first-order chi connectivity index (χ1) is 14.7. The molecule has 31 heavy (non-hydrogen) atoms. The summed E-state index contributed by atoms with van der Waals surface area (Å²) in [6, 6.07) is 14.2. The summed E-state index contributed by atoms with van der Waals surface area (Å²) in [7, 11) is -0.351. The number of anilines is 1. The zero-order chi connectivity index (χ0) is 22.1. The lowest BCUT2D eigenvalue weighted by Gasteiger charge is -2.35. The highest BCUT2D eigenvalue weighted by molar-refractivity contribution is 6.62.